The first-order valence-corrected chi connectivity index (χ1v) is 8.63. The Labute approximate surface area is 146 Å². The normalized spacial score (nSPS) is 14.2. The number of ether oxygens (including phenoxy) is 1. The van der Waals surface area contributed by atoms with Crippen LogP contribution in [-0.2, 0) is 13.6 Å². The third-order valence-electron chi connectivity index (χ3n) is 4.28. The minimum Gasteiger partial charge on any atom is -0.475 e. The van der Waals surface area contributed by atoms with E-state index >= 15 is 0 Å². The van der Waals surface area contributed by atoms with Crippen LogP contribution >= 0.6 is 0 Å². The number of aromatic nitrogens is 5. The van der Waals surface area contributed by atoms with Gasteiger partial charge in [0.25, 0.3) is 0 Å². The molecule has 0 bridgehead atoms. The molecule has 0 atom stereocenters. The fourth-order valence-electron chi connectivity index (χ4n) is 2.99. The molecule has 0 spiro atoms. The lowest BCUT2D eigenvalue weighted by atomic mass is 10.2. The Morgan fingerprint density at radius 1 is 1.28 bits per heavy atom. The second kappa shape index (κ2) is 6.31. The molecule has 0 aromatic carbocycles. The minimum absolute atomic E-state index is 0.110. The molecule has 3 aromatic rings. The van der Waals surface area contributed by atoms with Crippen molar-refractivity contribution in [3.8, 4) is 5.88 Å². The average molecular weight is 338 g/mol. The third-order valence-corrected chi connectivity index (χ3v) is 4.28. The lowest BCUT2D eigenvalue weighted by Crippen LogP contribution is -2.26. The predicted octanol–water partition coefficient (Wildman–Crippen LogP) is 2.71. The number of anilines is 1. The van der Waals surface area contributed by atoms with Crippen molar-refractivity contribution in [2.24, 2.45) is 7.05 Å². The van der Waals surface area contributed by atoms with E-state index in [2.05, 4.69) is 25.0 Å². The number of aryl methyl sites for hydroxylation is 1. The van der Waals surface area contributed by atoms with Gasteiger partial charge in [0.1, 0.15) is 12.1 Å². The van der Waals surface area contributed by atoms with Crippen LogP contribution in [0.5, 0.6) is 5.88 Å². The van der Waals surface area contributed by atoms with Gasteiger partial charge in [-0.1, -0.05) is 0 Å². The topological polar surface area (TPSA) is 69.0 Å². The summed E-state index contributed by atoms with van der Waals surface area (Å²) >= 11 is 0. The number of nitrogens with zero attached hydrogens (tertiary/aromatic N) is 6. The lowest BCUT2D eigenvalue weighted by Gasteiger charge is -2.24. The molecule has 1 fully saturated rings. The highest BCUT2D eigenvalue weighted by atomic mass is 16.5. The molecule has 1 aliphatic carbocycles. The highest BCUT2D eigenvalue weighted by molar-refractivity contribution is 5.86. The zero-order valence-corrected chi connectivity index (χ0v) is 14.8. The average Bonchev–Trinajstić information content (AvgIpc) is 3.36. The molecule has 25 heavy (non-hydrogen) atoms. The van der Waals surface area contributed by atoms with Gasteiger partial charge >= 0.3 is 0 Å². The molecule has 130 valence electrons. The largest absolute Gasteiger partial charge is 0.475 e. The van der Waals surface area contributed by atoms with E-state index in [1.807, 2.05) is 39.2 Å². The van der Waals surface area contributed by atoms with Gasteiger partial charge in [0.05, 0.1) is 17.7 Å². The van der Waals surface area contributed by atoms with E-state index < -0.39 is 0 Å². The molecule has 0 saturated heterocycles. The zero-order chi connectivity index (χ0) is 17.4. The van der Waals surface area contributed by atoms with Gasteiger partial charge in [-0.25, -0.2) is 15.0 Å². The first-order chi connectivity index (χ1) is 12.1. The summed E-state index contributed by atoms with van der Waals surface area (Å²) in [4.78, 5) is 15.6. The van der Waals surface area contributed by atoms with Gasteiger partial charge < -0.3 is 9.64 Å². The standard InChI is InChI=1S/C18H22N6O/c1-12(2)25-16-8-13(6-7-19-16)10-24(14-4-5-14)18-15-9-22-23(3)17(15)20-11-21-18/h6-9,11-12,14H,4-5,10H2,1-3H3. The van der Waals surface area contributed by atoms with E-state index in [1.165, 1.54) is 12.8 Å². The number of hydrogen-bond donors (Lipinski definition) is 0. The molecule has 4 rings (SSSR count). The van der Waals surface area contributed by atoms with Gasteiger partial charge in [0.15, 0.2) is 5.65 Å². The Morgan fingerprint density at radius 3 is 2.88 bits per heavy atom. The first-order valence-electron chi connectivity index (χ1n) is 8.63. The third kappa shape index (κ3) is 3.26. The number of pyridine rings is 1. The van der Waals surface area contributed by atoms with Gasteiger partial charge in [-0.3, -0.25) is 4.68 Å². The van der Waals surface area contributed by atoms with Gasteiger partial charge in [0, 0.05) is 31.9 Å². The van der Waals surface area contributed by atoms with Crippen LogP contribution in [0.4, 0.5) is 5.82 Å². The molecule has 3 aromatic heterocycles. The van der Waals surface area contributed by atoms with E-state index in [4.69, 9.17) is 4.74 Å². The van der Waals surface area contributed by atoms with E-state index in [9.17, 15) is 0 Å². The van der Waals surface area contributed by atoms with Crippen LogP contribution in [0.15, 0.2) is 30.9 Å². The smallest absolute Gasteiger partial charge is 0.213 e. The maximum atomic E-state index is 5.72. The summed E-state index contributed by atoms with van der Waals surface area (Å²) in [6.45, 7) is 4.78. The second-order valence-corrected chi connectivity index (χ2v) is 6.73. The summed E-state index contributed by atoms with van der Waals surface area (Å²) in [6.07, 6.45) is 7.75. The molecule has 3 heterocycles. The van der Waals surface area contributed by atoms with Gasteiger partial charge in [-0.15, -0.1) is 0 Å². The van der Waals surface area contributed by atoms with Gasteiger partial charge in [-0.2, -0.15) is 5.10 Å². The minimum atomic E-state index is 0.110. The maximum Gasteiger partial charge on any atom is 0.213 e. The summed E-state index contributed by atoms with van der Waals surface area (Å²) in [6, 6.07) is 4.56. The van der Waals surface area contributed by atoms with Crippen LogP contribution in [0.25, 0.3) is 11.0 Å². The van der Waals surface area contributed by atoms with E-state index in [0.29, 0.717) is 11.9 Å². The number of hydrogen-bond acceptors (Lipinski definition) is 6. The van der Waals surface area contributed by atoms with Crippen molar-refractivity contribution in [2.75, 3.05) is 4.90 Å². The van der Waals surface area contributed by atoms with Gasteiger partial charge in [-0.05, 0) is 38.3 Å². The Kier molecular flexibility index (Phi) is 3.99. The quantitative estimate of drug-likeness (QED) is 0.688. The highest BCUT2D eigenvalue weighted by Crippen LogP contribution is 2.35. The van der Waals surface area contributed by atoms with Crippen molar-refractivity contribution in [3.05, 3.63) is 36.4 Å². The van der Waals surface area contributed by atoms with Gasteiger partial charge in [0.2, 0.25) is 5.88 Å². The molecule has 1 aliphatic rings. The molecule has 0 unspecified atom stereocenters. The van der Waals surface area contributed by atoms with Crippen molar-refractivity contribution in [1.29, 1.82) is 0 Å². The molecular formula is C18H22N6O. The highest BCUT2D eigenvalue weighted by Gasteiger charge is 2.31. The Balaban J connectivity index is 1.66. The first kappa shape index (κ1) is 15.8. The number of fused-ring (bicyclic) bond motifs is 1. The number of rotatable bonds is 6. The SMILES string of the molecule is CC(C)Oc1cc(CN(c2ncnc3c2cnn3C)C2CC2)ccn1. The van der Waals surface area contributed by atoms with Crippen LogP contribution in [0.1, 0.15) is 32.3 Å². The van der Waals surface area contributed by atoms with Crippen LogP contribution < -0.4 is 9.64 Å². The molecular weight excluding hydrogens is 316 g/mol. The van der Waals surface area contributed by atoms with Crippen molar-refractivity contribution in [1.82, 2.24) is 24.7 Å². The Morgan fingerprint density at radius 2 is 2.12 bits per heavy atom. The van der Waals surface area contributed by atoms with Crippen molar-refractivity contribution >= 4 is 16.9 Å². The molecule has 1 saturated carbocycles. The summed E-state index contributed by atoms with van der Waals surface area (Å²) < 4.78 is 7.51. The van der Waals surface area contributed by atoms with Crippen molar-refractivity contribution in [2.45, 2.75) is 45.4 Å². The Bertz CT molecular complexity index is 886. The lowest BCUT2D eigenvalue weighted by molar-refractivity contribution is 0.232. The second-order valence-electron chi connectivity index (χ2n) is 6.73. The van der Waals surface area contributed by atoms with E-state index in [0.717, 1.165) is 29.0 Å². The van der Waals surface area contributed by atoms with Crippen LogP contribution in [-0.4, -0.2) is 36.9 Å². The molecule has 7 nitrogen and oxygen atoms in total. The molecule has 0 radical (unpaired) electrons. The Hall–Kier alpha value is -2.70. The molecule has 7 heteroatoms. The fraction of sp³-hybridized carbons (Fsp3) is 0.444. The molecule has 0 aliphatic heterocycles. The van der Waals surface area contributed by atoms with Crippen LogP contribution in [0.3, 0.4) is 0 Å². The van der Waals surface area contributed by atoms with E-state index in [-0.39, 0.29) is 6.10 Å². The summed E-state index contributed by atoms with van der Waals surface area (Å²) in [7, 11) is 1.90. The molecule has 0 N–H and O–H groups in total. The summed E-state index contributed by atoms with van der Waals surface area (Å²) in [5.41, 5.74) is 2.02. The predicted molar refractivity (Wildman–Crippen MR) is 95.5 cm³/mol. The van der Waals surface area contributed by atoms with E-state index in [1.54, 1.807) is 17.2 Å². The summed E-state index contributed by atoms with van der Waals surface area (Å²) in [5.74, 6) is 1.61. The fourth-order valence-corrected chi connectivity index (χ4v) is 2.99. The maximum absolute atomic E-state index is 5.72. The summed E-state index contributed by atoms with van der Waals surface area (Å²) in [5, 5.41) is 5.32. The van der Waals surface area contributed by atoms with Crippen molar-refractivity contribution in [3.63, 3.8) is 0 Å². The zero-order valence-electron chi connectivity index (χ0n) is 14.8. The monoisotopic (exact) mass is 338 g/mol. The molecule has 0 amide bonds. The van der Waals surface area contributed by atoms with Crippen molar-refractivity contribution < 1.29 is 4.74 Å². The van der Waals surface area contributed by atoms with Crippen LogP contribution in [0.2, 0.25) is 0 Å². The van der Waals surface area contributed by atoms with Crippen LogP contribution in [0, 0.1) is 0 Å².